The van der Waals surface area contributed by atoms with E-state index in [0.717, 1.165) is 41.2 Å². The lowest BCUT2D eigenvalue weighted by Gasteiger charge is -2.43. The first-order chi connectivity index (χ1) is 15.2. The van der Waals surface area contributed by atoms with E-state index in [1.165, 1.54) is 5.56 Å². The van der Waals surface area contributed by atoms with Crippen LogP contribution in [-0.2, 0) is 32.6 Å². The molecule has 0 amide bonds. The Kier molecular flexibility index (Phi) is 5.08. The molecule has 2 aromatic carbocycles. The van der Waals surface area contributed by atoms with Gasteiger partial charge in [-0.15, -0.1) is 0 Å². The summed E-state index contributed by atoms with van der Waals surface area (Å²) in [6.07, 6.45) is 1.52. The number of methoxy groups -OCH3 is 3. The van der Waals surface area contributed by atoms with E-state index in [4.69, 9.17) is 23.7 Å². The van der Waals surface area contributed by atoms with Crippen LogP contribution >= 0.6 is 0 Å². The molecule has 3 heterocycles. The number of aliphatic hydroxyl groups is 2. The first-order valence-corrected chi connectivity index (χ1v) is 10.4. The lowest BCUT2D eigenvalue weighted by atomic mass is 9.80. The van der Waals surface area contributed by atoms with Gasteiger partial charge in [0.05, 0.1) is 34.5 Å². The zero-order chi connectivity index (χ0) is 21.7. The molecule has 5 rings (SSSR count). The van der Waals surface area contributed by atoms with Crippen LogP contribution in [0.15, 0.2) is 6.07 Å². The Morgan fingerprint density at radius 2 is 1.65 bits per heavy atom. The number of rotatable bonds is 5. The Morgan fingerprint density at radius 3 is 2.29 bits per heavy atom. The van der Waals surface area contributed by atoms with Crippen molar-refractivity contribution in [2.24, 2.45) is 0 Å². The summed E-state index contributed by atoms with van der Waals surface area (Å²) in [5.41, 5.74) is 5.72. The molecule has 8 heteroatoms. The van der Waals surface area contributed by atoms with Gasteiger partial charge in [0.25, 0.3) is 0 Å². The van der Waals surface area contributed by atoms with Crippen LogP contribution in [0.1, 0.15) is 39.4 Å². The summed E-state index contributed by atoms with van der Waals surface area (Å²) in [5.74, 6) is 3.07. The molecule has 3 aliphatic heterocycles. The molecular formula is C23H27NO7. The molecule has 3 aliphatic rings. The van der Waals surface area contributed by atoms with Gasteiger partial charge < -0.3 is 33.9 Å². The second kappa shape index (κ2) is 7.78. The van der Waals surface area contributed by atoms with Gasteiger partial charge in [-0.05, 0) is 35.6 Å². The van der Waals surface area contributed by atoms with E-state index >= 15 is 0 Å². The van der Waals surface area contributed by atoms with Crippen molar-refractivity contribution >= 4 is 0 Å². The molecular weight excluding hydrogens is 402 g/mol. The summed E-state index contributed by atoms with van der Waals surface area (Å²) in [5, 5.41) is 20.4. The molecule has 166 valence electrons. The van der Waals surface area contributed by atoms with Crippen molar-refractivity contribution in [3.05, 3.63) is 39.4 Å². The number of nitrogens with zero attached hydrogens (tertiary/aromatic N) is 1. The highest BCUT2D eigenvalue weighted by molar-refractivity contribution is 5.64. The predicted molar refractivity (Wildman–Crippen MR) is 111 cm³/mol. The summed E-state index contributed by atoms with van der Waals surface area (Å²) in [7, 11) is 4.77. The molecule has 0 bridgehead atoms. The third kappa shape index (κ3) is 2.86. The third-order valence-corrected chi connectivity index (χ3v) is 6.72. The fourth-order valence-corrected chi connectivity index (χ4v) is 5.39. The number of fused-ring (bicyclic) bond motifs is 5. The second-order valence-corrected chi connectivity index (χ2v) is 7.95. The highest BCUT2D eigenvalue weighted by atomic mass is 16.7. The minimum Gasteiger partial charge on any atom is -0.492 e. The van der Waals surface area contributed by atoms with Gasteiger partial charge >= 0.3 is 0 Å². The Morgan fingerprint density at radius 1 is 0.968 bits per heavy atom. The maximum Gasteiger partial charge on any atom is 0.231 e. The van der Waals surface area contributed by atoms with E-state index in [2.05, 4.69) is 11.0 Å². The van der Waals surface area contributed by atoms with Crippen LogP contribution in [-0.4, -0.2) is 49.8 Å². The number of benzene rings is 2. The van der Waals surface area contributed by atoms with Crippen LogP contribution in [0.3, 0.4) is 0 Å². The summed E-state index contributed by atoms with van der Waals surface area (Å²) >= 11 is 0. The van der Waals surface area contributed by atoms with E-state index in [1.54, 1.807) is 21.3 Å². The zero-order valence-corrected chi connectivity index (χ0v) is 18.0. The summed E-state index contributed by atoms with van der Waals surface area (Å²) < 4.78 is 28.3. The maximum absolute atomic E-state index is 10.2. The van der Waals surface area contributed by atoms with Gasteiger partial charge in [0, 0.05) is 35.8 Å². The Balaban J connectivity index is 1.69. The lowest BCUT2D eigenvalue weighted by Crippen LogP contribution is -2.40. The van der Waals surface area contributed by atoms with Crippen molar-refractivity contribution in [2.45, 2.75) is 38.6 Å². The van der Waals surface area contributed by atoms with Gasteiger partial charge in [-0.1, -0.05) is 0 Å². The zero-order valence-electron chi connectivity index (χ0n) is 18.0. The predicted octanol–water partition coefficient (Wildman–Crippen LogP) is 2.08. The lowest BCUT2D eigenvalue weighted by molar-refractivity contribution is 0.150. The summed E-state index contributed by atoms with van der Waals surface area (Å²) in [6, 6.07) is 2.11. The third-order valence-electron chi connectivity index (χ3n) is 6.72. The van der Waals surface area contributed by atoms with Gasteiger partial charge in [-0.3, -0.25) is 4.90 Å². The number of hydrogen-bond acceptors (Lipinski definition) is 8. The molecule has 8 nitrogen and oxygen atoms in total. The standard InChI is InChI=1S/C23H27NO7/c1-27-20-15(9-25)13-7-17-19-12(6-18-22(23(19)29-3)31-11-30-18)4-5-24(17)8-14(13)16(10-26)21(20)28-2/h6,17,25-26H,4-5,7-11H2,1-3H3. The average molecular weight is 429 g/mol. The topological polar surface area (TPSA) is 89.9 Å². The van der Waals surface area contributed by atoms with Crippen LogP contribution in [0.2, 0.25) is 0 Å². The van der Waals surface area contributed by atoms with Crippen LogP contribution < -0.4 is 23.7 Å². The van der Waals surface area contributed by atoms with Crippen LogP contribution in [0.4, 0.5) is 0 Å². The average Bonchev–Trinajstić information content (AvgIpc) is 3.27. The fraction of sp³-hybridized carbons (Fsp3) is 0.478. The monoisotopic (exact) mass is 429 g/mol. The molecule has 0 radical (unpaired) electrons. The molecule has 0 aliphatic carbocycles. The van der Waals surface area contributed by atoms with Crippen molar-refractivity contribution in [1.82, 2.24) is 4.90 Å². The molecule has 0 aromatic heterocycles. The van der Waals surface area contributed by atoms with Crippen LogP contribution in [0, 0.1) is 0 Å². The van der Waals surface area contributed by atoms with Gasteiger partial charge in [-0.2, -0.15) is 0 Å². The van der Waals surface area contributed by atoms with E-state index in [1.807, 2.05) is 0 Å². The highest BCUT2D eigenvalue weighted by Crippen LogP contribution is 2.53. The van der Waals surface area contributed by atoms with Crippen molar-refractivity contribution < 1.29 is 33.9 Å². The molecule has 0 saturated heterocycles. The van der Waals surface area contributed by atoms with Crippen LogP contribution in [0.25, 0.3) is 0 Å². The maximum atomic E-state index is 10.2. The second-order valence-electron chi connectivity index (χ2n) is 7.95. The number of hydrogen-bond donors (Lipinski definition) is 2. The summed E-state index contributed by atoms with van der Waals surface area (Å²) in [6.45, 7) is 1.36. The molecule has 2 N–H and O–H groups in total. The van der Waals surface area contributed by atoms with Gasteiger partial charge in [0.15, 0.2) is 23.0 Å². The largest absolute Gasteiger partial charge is 0.492 e. The Labute approximate surface area is 180 Å². The van der Waals surface area contributed by atoms with E-state index in [9.17, 15) is 10.2 Å². The molecule has 31 heavy (non-hydrogen) atoms. The SMILES string of the molecule is COc1c(CO)c2c(c(CO)c1OC)CN1CCc3cc4c(c(OC)c3C1C2)OCO4. The minimum absolute atomic E-state index is 0.0515. The molecule has 0 fully saturated rings. The molecule has 0 spiro atoms. The minimum atomic E-state index is -0.175. The normalized spacial score (nSPS) is 18.8. The molecule has 1 atom stereocenters. The Bertz CT molecular complexity index is 1040. The first kappa shape index (κ1) is 20.2. The molecule has 1 unspecified atom stereocenters. The van der Waals surface area contributed by atoms with E-state index in [0.29, 0.717) is 41.3 Å². The quantitative estimate of drug-likeness (QED) is 0.747. The Hall–Kier alpha value is -2.68. The molecule has 0 saturated carbocycles. The fourth-order valence-electron chi connectivity index (χ4n) is 5.39. The van der Waals surface area contributed by atoms with Gasteiger partial charge in [0.2, 0.25) is 12.5 Å². The van der Waals surface area contributed by atoms with Crippen molar-refractivity contribution in [2.75, 3.05) is 34.7 Å². The number of aliphatic hydroxyl groups excluding tert-OH is 2. The van der Waals surface area contributed by atoms with Gasteiger partial charge in [-0.25, -0.2) is 0 Å². The van der Waals surface area contributed by atoms with Crippen LogP contribution in [0.5, 0.6) is 28.7 Å². The van der Waals surface area contributed by atoms with Gasteiger partial charge in [0.1, 0.15) is 0 Å². The van der Waals surface area contributed by atoms with E-state index in [-0.39, 0.29) is 26.0 Å². The summed E-state index contributed by atoms with van der Waals surface area (Å²) in [4.78, 5) is 2.39. The molecule has 2 aromatic rings. The smallest absolute Gasteiger partial charge is 0.231 e. The first-order valence-electron chi connectivity index (χ1n) is 10.4. The van der Waals surface area contributed by atoms with Crippen molar-refractivity contribution in [3.8, 4) is 28.7 Å². The van der Waals surface area contributed by atoms with E-state index < -0.39 is 0 Å². The number of ether oxygens (including phenoxy) is 5. The van der Waals surface area contributed by atoms with Crippen molar-refractivity contribution in [3.63, 3.8) is 0 Å². The highest BCUT2D eigenvalue weighted by Gasteiger charge is 2.40. The van der Waals surface area contributed by atoms with Crippen molar-refractivity contribution in [1.29, 1.82) is 0 Å².